The first-order valence-corrected chi connectivity index (χ1v) is 13.4. The summed E-state index contributed by atoms with van der Waals surface area (Å²) >= 11 is 0. The number of aliphatic hydroxyl groups is 1. The summed E-state index contributed by atoms with van der Waals surface area (Å²) in [6.07, 6.45) is 9.07. The fraction of sp³-hybridized carbons (Fsp3) is 0.565. The van der Waals surface area contributed by atoms with Gasteiger partial charge in [-0.3, -0.25) is 14.2 Å². The van der Waals surface area contributed by atoms with Crippen molar-refractivity contribution in [2.24, 2.45) is 11.3 Å². The van der Waals surface area contributed by atoms with E-state index in [0.717, 1.165) is 32.5 Å². The van der Waals surface area contributed by atoms with Gasteiger partial charge in [-0.1, -0.05) is 0 Å². The number of aliphatic hydroxyl groups excluding tert-OH is 1. The molecule has 1 aliphatic heterocycles. The zero-order chi connectivity index (χ0) is 23.1. The molecule has 5 rings (SSSR count). The quantitative estimate of drug-likeness (QED) is 0.516. The van der Waals surface area contributed by atoms with Crippen LogP contribution in [-0.4, -0.2) is 54.7 Å². The van der Waals surface area contributed by atoms with Gasteiger partial charge in [0.25, 0.3) is 5.91 Å². The van der Waals surface area contributed by atoms with Crippen molar-refractivity contribution in [3.8, 4) is 0 Å². The highest BCUT2D eigenvalue weighted by molar-refractivity contribution is 7.92. The molecule has 1 aromatic carbocycles. The van der Waals surface area contributed by atoms with Gasteiger partial charge < -0.3 is 15.3 Å². The first-order valence-electron chi connectivity index (χ1n) is 11.7. The van der Waals surface area contributed by atoms with Gasteiger partial charge in [0.1, 0.15) is 0 Å². The molecule has 1 spiro atoms. The molecule has 2 saturated carbocycles. The second kappa shape index (κ2) is 8.64. The Hall–Kier alpha value is -2.59. The van der Waals surface area contributed by atoms with Crippen LogP contribution in [0.2, 0.25) is 0 Å². The lowest BCUT2D eigenvalue weighted by Gasteiger charge is -2.35. The van der Waals surface area contributed by atoms with E-state index < -0.39 is 16.6 Å². The summed E-state index contributed by atoms with van der Waals surface area (Å²) in [5.74, 6) is 0.560. The van der Waals surface area contributed by atoms with Gasteiger partial charge in [0, 0.05) is 31.9 Å². The van der Waals surface area contributed by atoms with Crippen LogP contribution in [0.5, 0.6) is 0 Å². The van der Waals surface area contributed by atoms with Gasteiger partial charge in [-0.2, -0.15) is 5.10 Å². The predicted octanol–water partition coefficient (Wildman–Crippen LogP) is 2.66. The number of piperidine rings is 1. The zero-order valence-corrected chi connectivity index (χ0v) is 19.5. The summed E-state index contributed by atoms with van der Waals surface area (Å²) < 4.78 is 28.7. The van der Waals surface area contributed by atoms with E-state index in [1.807, 2.05) is 10.9 Å². The molecular weight excluding hydrogens is 442 g/mol. The number of nitrogens with one attached hydrogen (secondary N) is 2. The standard InChI is InChI=1S/C23H31N5O4S/c29-13-14-33(31,32)26-18-3-4-19(20(15-18)27-11-8-23(6-7-23)9-12-27)22(30)24-21-5-10-28(25-21)16-17-1-2-17/h3-5,10,15,17,26,29H,1-2,6-9,11-14,16H2,(H,24,25,30). The molecular formula is C23H31N5O4S. The monoisotopic (exact) mass is 473 g/mol. The third kappa shape index (κ3) is 5.33. The van der Waals surface area contributed by atoms with E-state index in [9.17, 15) is 13.2 Å². The first-order chi connectivity index (χ1) is 15.8. The Morgan fingerprint density at radius 3 is 2.58 bits per heavy atom. The smallest absolute Gasteiger partial charge is 0.258 e. The maximum atomic E-state index is 13.2. The average Bonchev–Trinajstić information content (AvgIpc) is 3.69. The summed E-state index contributed by atoms with van der Waals surface area (Å²) in [5, 5.41) is 16.4. The fourth-order valence-corrected chi connectivity index (χ4v) is 5.41. The Kier molecular flexibility index (Phi) is 5.82. The van der Waals surface area contributed by atoms with E-state index in [4.69, 9.17) is 5.11 Å². The van der Waals surface area contributed by atoms with Crippen molar-refractivity contribution < 1.29 is 18.3 Å². The number of anilines is 3. The number of nitrogens with zero attached hydrogens (tertiary/aromatic N) is 3. The third-order valence-corrected chi connectivity index (χ3v) is 8.29. The van der Waals surface area contributed by atoms with Gasteiger partial charge in [-0.25, -0.2) is 8.42 Å². The number of benzene rings is 1. The number of rotatable bonds is 9. The molecule has 0 bridgehead atoms. The molecule has 2 heterocycles. The van der Waals surface area contributed by atoms with Crippen LogP contribution in [-0.2, 0) is 16.6 Å². The van der Waals surface area contributed by atoms with E-state index in [2.05, 4.69) is 20.0 Å². The molecule has 0 unspecified atom stereocenters. The van der Waals surface area contributed by atoms with Crippen molar-refractivity contribution in [2.45, 2.75) is 45.1 Å². The largest absolute Gasteiger partial charge is 0.395 e. The minimum absolute atomic E-state index is 0.266. The summed E-state index contributed by atoms with van der Waals surface area (Å²) in [7, 11) is -3.66. The zero-order valence-electron chi connectivity index (χ0n) is 18.7. The van der Waals surface area contributed by atoms with Gasteiger partial charge in [0.2, 0.25) is 10.0 Å². The molecule has 9 nitrogen and oxygen atoms in total. The average molecular weight is 474 g/mol. The maximum absolute atomic E-state index is 13.2. The number of amides is 1. The molecule has 1 saturated heterocycles. The predicted molar refractivity (Wildman–Crippen MR) is 127 cm³/mol. The van der Waals surface area contributed by atoms with E-state index in [0.29, 0.717) is 34.1 Å². The van der Waals surface area contributed by atoms with Crippen molar-refractivity contribution >= 4 is 33.1 Å². The number of hydrogen-bond donors (Lipinski definition) is 3. The van der Waals surface area contributed by atoms with Crippen molar-refractivity contribution in [2.75, 3.05) is 40.4 Å². The van der Waals surface area contributed by atoms with E-state index in [1.54, 1.807) is 24.3 Å². The Morgan fingerprint density at radius 1 is 1.15 bits per heavy atom. The van der Waals surface area contributed by atoms with Gasteiger partial charge >= 0.3 is 0 Å². The maximum Gasteiger partial charge on any atom is 0.258 e. The summed E-state index contributed by atoms with van der Waals surface area (Å²) in [6, 6.07) is 6.77. The van der Waals surface area contributed by atoms with Crippen molar-refractivity contribution in [3.63, 3.8) is 0 Å². The van der Waals surface area contributed by atoms with E-state index in [1.165, 1.54) is 25.7 Å². The minimum atomic E-state index is -3.66. The van der Waals surface area contributed by atoms with Gasteiger partial charge in [-0.05, 0) is 68.1 Å². The Morgan fingerprint density at radius 2 is 1.91 bits per heavy atom. The molecule has 3 fully saturated rings. The highest BCUT2D eigenvalue weighted by atomic mass is 32.2. The van der Waals surface area contributed by atoms with Crippen molar-refractivity contribution in [1.82, 2.24) is 9.78 Å². The molecule has 10 heteroatoms. The molecule has 33 heavy (non-hydrogen) atoms. The Labute approximate surface area is 194 Å². The van der Waals surface area contributed by atoms with Gasteiger partial charge in [0.15, 0.2) is 5.82 Å². The first kappa shape index (κ1) is 22.2. The van der Waals surface area contributed by atoms with Crippen LogP contribution < -0.4 is 14.9 Å². The summed E-state index contributed by atoms with van der Waals surface area (Å²) in [4.78, 5) is 15.4. The van der Waals surface area contributed by atoms with Crippen molar-refractivity contribution in [1.29, 1.82) is 0 Å². The van der Waals surface area contributed by atoms with Crippen LogP contribution in [0, 0.1) is 11.3 Å². The van der Waals surface area contributed by atoms with E-state index in [-0.39, 0.29) is 11.7 Å². The number of aromatic nitrogens is 2. The number of sulfonamides is 1. The lowest BCUT2D eigenvalue weighted by molar-refractivity contribution is 0.102. The number of carbonyl (C=O) groups is 1. The fourth-order valence-electron chi connectivity index (χ4n) is 4.58. The second-order valence-corrected chi connectivity index (χ2v) is 11.5. The number of carbonyl (C=O) groups excluding carboxylic acids is 1. The van der Waals surface area contributed by atoms with Gasteiger partial charge in [-0.15, -0.1) is 0 Å². The SMILES string of the molecule is O=C(Nc1ccn(CC2CC2)n1)c1ccc(NS(=O)(=O)CCO)cc1N1CCC2(CC1)CC2. The van der Waals surface area contributed by atoms with Crippen molar-refractivity contribution in [3.05, 3.63) is 36.0 Å². The highest BCUT2D eigenvalue weighted by Crippen LogP contribution is 2.54. The topological polar surface area (TPSA) is 117 Å². The molecule has 0 atom stereocenters. The lowest BCUT2D eigenvalue weighted by Crippen LogP contribution is -2.35. The normalized spacial score (nSPS) is 19.5. The third-order valence-electron chi connectivity index (χ3n) is 7.02. The van der Waals surface area contributed by atoms with Crippen LogP contribution in [0.1, 0.15) is 48.9 Å². The molecule has 2 aromatic rings. The molecule has 3 N–H and O–H groups in total. The second-order valence-electron chi connectivity index (χ2n) is 9.68. The Balaban J connectivity index is 1.37. The molecule has 1 amide bonds. The van der Waals surface area contributed by atoms with E-state index >= 15 is 0 Å². The van der Waals surface area contributed by atoms with Crippen LogP contribution in [0.4, 0.5) is 17.2 Å². The molecule has 2 aliphatic carbocycles. The molecule has 3 aliphatic rings. The number of hydrogen-bond acceptors (Lipinski definition) is 6. The summed E-state index contributed by atoms with van der Waals surface area (Å²) in [5.41, 5.74) is 2.07. The molecule has 178 valence electrons. The molecule has 0 radical (unpaired) electrons. The van der Waals surface area contributed by atoms with Gasteiger partial charge in [0.05, 0.1) is 29.3 Å². The van der Waals surface area contributed by atoms with Crippen LogP contribution in [0.15, 0.2) is 30.5 Å². The lowest BCUT2D eigenvalue weighted by atomic mass is 9.93. The highest BCUT2D eigenvalue weighted by Gasteiger charge is 2.44. The van der Waals surface area contributed by atoms with Crippen LogP contribution in [0.25, 0.3) is 0 Å². The van der Waals surface area contributed by atoms with Crippen LogP contribution in [0.3, 0.4) is 0 Å². The molecule has 1 aromatic heterocycles. The Bertz CT molecular complexity index is 1130. The summed E-state index contributed by atoms with van der Waals surface area (Å²) in [6.45, 7) is 2.09. The van der Waals surface area contributed by atoms with Crippen LogP contribution >= 0.6 is 0 Å². The minimum Gasteiger partial charge on any atom is -0.395 e.